The molecule has 0 aliphatic rings. The maximum atomic E-state index is 12.5. The van der Waals surface area contributed by atoms with Crippen molar-refractivity contribution < 1.29 is 4.39 Å². The predicted octanol–water partition coefficient (Wildman–Crippen LogP) is 1.16. The first-order chi connectivity index (χ1) is 5.36. The molecule has 1 aromatic heterocycles. The van der Waals surface area contributed by atoms with Gasteiger partial charge in [0.2, 0.25) is 0 Å². The maximum absolute atomic E-state index is 12.5. The smallest absolute Gasteiger partial charge is 0.138 e. The van der Waals surface area contributed by atoms with Crippen LogP contribution in [0.2, 0.25) is 0 Å². The molecule has 0 atom stereocenters. The molecule has 4 heteroatoms. The number of benzene rings is 1. The molecule has 11 heavy (non-hydrogen) atoms. The Kier molecular flexibility index (Phi) is 1.25. The average Bonchev–Trinajstić information content (AvgIpc) is 2.04. The Morgan fingerprint density at radius 2 is 2.09 bits per heavy atom. The summed E-state index contributed by atoms with van der Waals surface area (Å²) in [4.78, 5) is 3.83. The predicted molar refractivity (Wildman–Crippen MR) is 37.3 cm³/mol. The highest BCUT2D eigenvalue weighted by Gasteiger charge is 1.95. The maximum Gasteiger partial charge on any atom is 0.138 e. The van der Waals surface area contributed by atoms with Crippen molar-refractivity contribution in [2.24, 2.45) is 0 Å². The molecule has 0 radical (unpaired) electrons. The van der Waals surface area contributed by atoms with Crippen LogP contribution in [-0.2, 0) is 0 Å². The highest BCUT2D eigenvalue weighted by Crippen LogP contribution is 2.07. The first kappa shape index (κ1) is 6.15. The van der Waals surface area contributed by atoms with Gasteiger partial charge < -0.3 is 0 Å². The Morgan fingerprint density at radius 1 is 1.18 bits per heavy atom. The molecule has 1 aromatic carbocycles. The molecule has 0 N–H and O–H groups in total. The SMILES string of the molecule is Fc1ccc2nncnc2c1. The van der Waals surface area contributed by atoms with Crippen LogP contribution in [0.15, 0.2) is 24.5 Å². The summed E-state index contributed by atoms with van der Waals surface area (Å²) in [6.07, 6.45) is 1.29. The molecule has 54 valence electrons. The Morgan fingerprint density at radius 3 is 3.00 bits per heavy atom. The van der Waals surface area contributed by atoms with Crippen LogP contribution in [0.25, 0.3) is 11.0 Å². The van der Waals surface area contributed by atoms with Crippen molar-refractivity contribution in [3.63, 3.8) is 0 Å². The minimum absolute atomic E-state index is 0.307. The third-order valence-corrected chi connectivity index (χ3v) is 1.35. The summed E-state index contributed by atoms with van der Waals surface area (Å²) in [5.41, 5.74) is 1.13. The molecular weight excluding hydrogens is 145 g/mol. The lowest BCUT2D eigenvalue weighted by atomic mass is 10.3. The number of aromatic nitrogens is 3. The minimum Gasteiger partial charge on any atom is -0.233 e. The molecule has 0 aliphatic heterocycles. The van der Waals surface area contributed by atoms with E-state index in [0.717, 1.165) is 0 Å². The largest absolute Gasteiger partial charge is 0.233 e. The summed E-state index contributed by atoms with van der Waals surface area (Å²) < 4.78 is 12.5. The van der Waals surface area contributed by atoms with Crippen LogP contribution in [0.5, 0.6) is 0 Å². The fraction of sp³-hybridized carbons (Fsp3) is 0. The molecule has 1 heterocycles. The Labute approximate surface area is 61.9 Å². The lowest BCUT2D eigenvalue weighted by Gasteiger charge is -1.91. The van der Waals surface area contributed by atoms with Crippen molar-refractivity contribution in [2.45, 2.75) is 0 Å². The molecule has 3 nitrogen and oxygen atoms in total. The zero-order chi connectivity index (χ0) is 7.68. The van der Waals surface area contributed by atoms with Crippen LogP contribution >= 0.6 is 0 Å². The van der Waals surface area contributed by atoms with Crippen molar-refractivity contribution in [1.82, 2.24) is 15.2 Å². The van der Waals surface area contributed by atoms with Crippen LogP contribution in [-0.4, -0.2) is 15.2 Å². The zero-order valence-electron chi connectivity index (χ0n) is 5.53. The molecule has 2 rings (SSSR count). The Hall–Kier alpha value is -1.58. The summed E-state index contributed by atoms with van der Waals surface area (Å²) in [5.74, 6) is -0.307. The summed E-state index contributed by atoms with van der Waals surface area (Å²) in [6.45, 7) is 0. The van der Waals surface area contributed by atoms with Crippen molar-refractivity contribution >= 4 is 11.0 Å². The van der Waals surface area contributed by atoms with E-state index >= 15 is 0 Å². The van der Waals surface area contributed by atoms with E-state index in [4.69, 9.17) is 0 Å². The van der Waals surface area contributed by atoms with Crippen molar-refractivity contribution in [3.8, 4) is 0 Å². The summed E-state index contributed by atoms with van der Waals surface area (Å²) >= 11 is 0. The summed E-state index contributed by atoms with van der Waals surface area (Å²) in [7, 11) is 0. The molecule has 0 unspecified atom stereocenters. The van der Waals surface area contributed by atoms with Gasteiger partial charge in [0.1, 0.15) is 17.7 Å². The van der Waals surface area contributed by atoms with E-state index < -0.39 is 0 Å². The van der Waals surface area contributed by atoms with Crippen molar-refractivity contribution in [2.75, 3.05) is 0 Å². The molecule has 0 bridgehead atoms. The third kappa shape index (κ3) is 1.02. The first-order valence-electron chi connectivity index (χ1n) is 3.09. The van der Waals surface area contributed by atoms with Crippen LogP contribution in [0.4, 0.5) is 4.39 Å². The van der Waals surface area contributed by atoms with E-state index in [0.29, 0.717) is 11.0 Å². The Bertz CT molecular complexity index is 388. The number of nitrogens with zero attached hydrogens (tertiary/aromatic N) is 3. The van der Waals surface area contributed by atoms with Gasteiger partial charge in [-0.15, -0.1) is 10.2 Å². The van der Waals surface area contributed by atoms with Gasteiger partial charge in [0.15, 0.2) is 0 Å². The molecule has 0 saturated carbocycles. The molecular formula is C7H4FN3. The van der Waals surface area contributed by atoms with Gasteiger partial charge in [-0.25, -0.2) is 9.37 Å². The van der Waals surface area contributed by atoms with Crippen molar-refractivity contribution in [1.29, 1.82) is 0 Å². The van der Waals surface area contributed by atoms with Gasteiger partial charge in [0, 0.05) is 6.07 Å². The number of hydrogen-bond acceptors (Lipinski definition) is 3. The van der Waals surface area contributed by atoms with Gasteiger partial charge in [-0.1, -0.05) is 0 Å². The van der Waals surface area contributed by atoms with E-state index in [1.807, 2.05) is 0 Å². The lowest BCUT2D eigenvalue weighted by molar-refractivity contribution is 0.629. The monoisotopic (exact) mass is 149 g/mol. The van der Waals surface area contributed by atoms with Crippen molar-refractivity contribution in [3.05, 3.63) is 30.3 Å². The zero-order valence-corrected chi connectivity index (χ0v) is 5.53. The van der Waals surface area contributed by atoms with Crippen LogP contribution in [0.3, 0.4) is 0 Å². The average molecular weight is 149 g/mol. The standard InChI is InChI=1S/C7H4FN3/c8-5-1-2-6-7(3-5)9-4-10-11-6/h1-4H. The topological polar surface area (TPSA) is 38.7 Å². The second-order valence-corrected chi connectivity index (χ2v) is 2.09. The van der Waals surface area contributed by atoms with Crippen LogP contribution in [0.1, 0.15) is 0 Å². The molecule has 0 fully saturated rings. The summed E-state index contributed by atoms with van der Waals surface area (Å²) in [5, 5.41) is 7.30. The molecule has 0 aliphatic carbocycles. The van der Waals surface area contributed by atoms with Gasteiger partial charge >= 0.3 is 0 Å². The van der Waals surface area contributed by atoms with E-state index in [1.165, 1.54) is 18.5 Å². The fourth-order valence-corrected chi connectivity index (χ4v) is 0.861. The number of fused-ring (bicyclic) bond motifs is 1. The van der Waals surface area contributed by atoms with E-state index in [1.54, 1.807) is 6.07 Å². The quantitative estimate of drug-likeness (QED) is 0.564. The summed E-state index contributed by atoms with van der Waals surface area (Å²) in [6, 6.07) is 4.20. The van der Waals surface area contributed by atoms with Gasteiger partial charge in [0.05, 0.1) is 5.52 Å². The van der Waals surface area contributed by atoms with E-state index in [9.17, 15) is 4.39 Å². The van der Waals surface area contributed by atoms with Gasteiger partial charge in [-0.05, 0) is 12.1 Å². The molecule has 0 spiro atoms. The molecule has 0 amide bonds. The van der Waals surface area contributed by atoms with Gasteiger partial charge in [0.25, 0.3) is 0 Å². The molecule has 2 aromatic rings. The van der Waals surface area contributed by atoms with Gasteiger partial charge in [-0.3, -0.25) is 0 Å². The second-order valence-electron chi connectivity index (χ2n) is 2.09. The normalized spacial score (nSPS) is 10.3. The van der Waals surface area contributed by atoms with E-state index in [2.05, 4.69) is 15.2 Å². The highest BCUT2D eigenvalue weighted by molar-refractivity contribution is 5.72. The third-order valence-electron chi connectivity index (χ3n) is 1.35. The van der Waals surface area contributed by atoms with Crippen LogP contribution < -0.4 is 0 Å². The Balaban J connectivity index is 2.83. The van der Waals surface area contributed by atoms with Crippen LogP contribution in [0, 0.1) is 5.82 Å². The number of hydrogen-bond donors (Lipinski definition) is 0. The second kappa shape index (κ2) is 2.23. The number of halogens is 1. The van der Waals surface area contributed by atoms with Gasteiger partial charge in [-0.2, -0.15) is 0 Å². The minimum atomic E-state index is -0.307. The fourth-order valence-electron chi connectivity index (χ4n) is 0.861. The number of rotatable bonds is 0. The lowest BCUT2D eigenvalue weighted by Crippen LogP contribution is -1.86. The highest BCUT2D eigenvalue weighted by atomic mass is 19.1. The first-order valence-corrected chi connectivity index (χ1v) is 3.09. The molecule has 0 saturated heterocycles. The van der Waals surface area contributed by atoms with E-state index in [-0.39, 0.29) is 5.82 Å².